The highest BCUT2D eigenvalue weighted by atomic mass is 35.5. The lowest BCUT2D eigenvalue weighted by Crippen LogP contribution is -2.43. The van der Waals surface area contributed by atoms with Crippen LogP contribution < -0.4 is 10.5 Å². The van der Waals surface area contributed by atoms with Gasteiger partial charge in [-0.1, -0.05) is 17.7 Å². The third kappa shape index (κ3) is 5.23. The number of halogens is 1. The molecule has 1 unspecified atom stereocenters. The van der Waals surface area contributed by atoms with Gasteiger partial charge < -0.3 is 9.80 Å². The maximum absolute atomic E-state index is 12.6. The molecule has 0 aliphatic carbocycles. The predicted octanol–water partition coefficient (Wildman–Crippen LogP) is 3.01. The molecular weight excluding hydrogens is 390 g/mol. The van der Waals surface area contributed by atoms with Crippen LogP contribution >= 0.6 is 11.6 Å². The molecule has 3 heterocycles. The van der Waals surface area contributed by atoms with Crippen LogP contribution in [0.5, 0.6) is 0 Å². The number of aromatic nitrogens is 3. The minimum absolute atomic E-state index is 0.0890. The lowest BCUT2D eigenvalue weighted by atomic mass is 10.1. The number of anilines is 1. The first-order chi connectivity index (χ1) is 13.8. The van der Waals surface area contributed by atoms with Crippen LogP contribution in [0.3, 0.4) is 0 Å². The molecule has 7 nitrogen and oxygen atoms in total. The Morgan fingerprint density at radius 2 is 2.14 bits per heavy atom. The second-order valence-corrected chi connectivity index (χ2v) is 7.92. The summed E-state index contributed by atoms with van der Waals surface area (Å²) in [6, 6.07) is 5.25. The van der Waals surface area contributed by atoms with Crippen LogP contribution in [0.15, 0.2) is 41.5 Å². The van der Waals surface area contributed by atoms with E-state index in [0.29, 0.717) is 18.2 Å². The molecule has 2 aromatic rings. The predicted molar refractivity (Wildman–Crippen MR) is 115 cm³/mol. The van der Waals surface area contributed by atoms with Gasteiger partial charge >= 0.3 is 0 Å². The quantitative estimate of drug-likeness (QED) is 0.554. The molecule has 3 rings (SSSR count). The van der Waals surface area contributed by atoms with Crippen molar-refractivity contribution in [1.29, 1.82) is 0 Å². The topological polar surface area (TPSA) is 71.3 Å². The zero-order chi connectivity index (χ0) is 21.0. The van der Waals surface area contributed by atoms with E-state index in [1.54, 1.807) is 41.6 Å². The lowest BCUT2D eigenvalue weighted by molar-refractivity contribution is -0.127. The molecule has 0 saturated carbocycles. The Bertz CT molecular complexity index is 939. The maximum atomic E-state index is 12.6. The molecule has 1 atom stereocenters. The van der Waals surface area contributed by atoms with Crippen molar-refractivity contribution in [3.8, 4) is 0 Å². The van der Waals surface area contributed by atoms with Crippen molar-refractivity contribution in [2.45, 2.75) is 38.8 Å². The molecule has 154 valence electrons. The van der Waals surface area contributed by atoms with Crippen molar-refractivity contribution in [3.05, 3.63) is 57.7 Å². The van der Waals surface area contributed by atoms with Crippen molar-refractivity contribution >= 4 is 29.3 Å². The van der Waals surface area contributed by atoms with E-state index in [1.807, 2.05) is 11.9 Å². The molecule has 1 saturated heterocycles. The van der Waals surface area contributed by atoms with Crippen molar-refractivity contribution in [2.75, 3.05) is 25.0 Å². The lowest BCUT2D eigenvalue weighted by Gasteiger charge is -2.32. The summed E-state index contributed by atoms with van der Waals surface area (Å²) in [7, 11) is 1.94. The number of piperidine rings is 1. The zero-order valence-electron chi connectivity index (χ0n) is 17.0. The van der Waals surface area contributed by atoms with Crippen LogP contribution in [0.2, 0.25) is 5.15 Å². The smallest absolute Gasteiger partial charge is 0.269 e. The van der Waals surface area contributed by atoms with E-state index in [-0.39, 0.29) is 23.6 Å². The summed E-state index contributed by atoms with van der Waals surface area (Å²) in [5, 5.41) is 4.80. The van der Waals surface area contributed by atoms with Gasteiger partial charge in [-0.15, -0.1) is 0 Å². The average molecular weight is 416 g/mol. The number of nitrogens with zero attached hydrogens (tertiary/aromatic N) is 5. The van der Waals surface area contributed by atoms with E-state index < -0.39 is 0 Å². The Morgan fingerprint density at radius 3 is 2.79 bits per heavy atom. The SMILES string of the molecule is CC(C)N(C)c1cnn(C2CCCN(C(=O)/C=C/c3ccc(Cl)nc3)C2)c(=O)c1. The van der Waals surface area contributed by atoms with Crippen molar-refractivity contribution < 1.29 is 4.79 Å². The number of hydrogen-bond acceptors (Lipinski definition) is 5. The van der Waals surface area contributed by atoms with Gasteiger partial charge in [0.25, 0.3) is 5.56 Å². The standard InChI is InChI=1S/C21H26ClN5O2/c1-15(2)25(3)18-11-21(29)27(24-13-18)17-5-4-10-26(14-17)20(28)9-7-16-6-8-19(22)23-12-16/h6-9,11-13,15,17H,4-5,10,14H2,1-3H3/b9-7+. The molecule has 1 amide bonds. The minimum Gasteiger partial charge on any atom is -0.371 e. The molecule has 0 radical (unpaired) electrons. The zero-order valence-corrected chi connectivity index (χ0v) is 17.7. The largest absolute Gasteiger partial charge is 0.371 e. The van der Waals surface area contributed by atoms with Crippen LogP contribution in [-0.4, -0.2) is 51.8 Å². The van der Waals surface area contributed by atoms with Gasteiger partial charge in [-0.2, -0.15) is 5.10 Å². The Balaban J connectivity index is 1.69. The van der Waals surface area contributed by atoms with Crippen LogP contribution in [0, 0.1) is 0 Å². The fraction of sp³-hybridized carbons (Fsp3) is 0.429. The van der Waals surface area contributed by atoms with E-state index in [0.717, 1.165) is 24.1 Å². The number of amides is 1. The van der Waals surface area contributed by atoms with E-state index in [2.05, 4.69) is 23.9 Å². The molecule has 0 spiro atoms. The first-order valence-electron chi connectivity index (χ1n) is 9.75. The maximum Gasteiger partial charge on any atom is 0.269 e. The molecule has 0 N–H and O–H groups in total. The van der Waals surface area contributed by atoms with Gasteiger partial charge in [0.1, 0.15) is 5.15 Å². The van der Waals surface area contributed by atoms with E-state index in [4.69, 9.17) is 11.6 Å². The number of carbonyl (C=O) groups excluding carboxylic acids is 1. The van der Waals surface area contributed by atoms with Crippen molar-refractivity contribution in [2.24, 2.45) is 0 Å². The molecular formula is C21H26ClN5O2. The fourth-order valence-corrected chi connectivity index (χ4v) is 3.40. The summed E-state index contributed by atoms with van der Waals surface area (Å²) >= 11 is 5.78. The van der Waals surface area contributed by atoms with Gasteiger partial charge in [-0.3, -0.25) is 9.59 Å². The number of carbonyl (C=O) groups is 1. The molecule has 0 bridgehead atoms. The Morgan fingerprint density at radius 1 is 1.34 bits per heavy atom. The molecule has 8 heteroatoms. The summed E-state index contributed by atoms with van der Waals surface area (Å²) in [4.78, 5) is 33.0. The first-order valence-corrected chi connectivity index (χ1v) is 10.1. The van der Waals surface area contributed by atoms with Crippen LogP contribution in [0.1, 0.15) is 38.3 Å². The first kappa shape index (κ1) is 21.0. The van der Waals surface area contributed by atoms with Gasteiger partial charge in [0, 0.05) is 44.5 Å². The van der Waals surface area contributed by atoms with Crippen molar-refractivity contribution in [3.63, 3.8) is 0 Å². The number of likely N-dealkylation sites (tertiary alicyclic amines) is 1. The molecule has 2 aromatic heterocycles. The van der Waals surface area contributed by atoms with E-state index in [1.165, 1.54) is 10.8 Å². The highest BCUT2D eigenvalue weighted by Crippen LogP contribution is 2.21. The highest BCUT2D eigenvalue weighted by molar-refractivity contribution is 6.29. The third-order valence-corrected chi connectivity index (χ3v) is 5.44. The van der Waals surface area contributed by atoms with E-state index >= 15 is 0 Å². The third-order valence-electron chi connectivity index (χ3n) is 5.22. The van der Waals surface area contributed by atoms with Gasteiger partial charge in [0.05, 0.1) is 17.9 Å². The Hall–Kier alpha value is -2.67. The van der Waals surface area contributed by atoms with Gasteiger partial charge in [0.15, 0.2) is 0 Å². The number of rotatable bonds is 5. The van der Waals surface area contributed by atoms with Gasteiger partial charge in [-0.05, 0) is 44.4 Å². The van der Waals surface area contributed by atoms with Crippen LogP contribution in [0.4, 0.5) is 5.69 Å². The second kappa shape index (κ2) is 9.22. The molecule has 1 fully saturated rings. The fourth-order valence-electron chi connectivity index (χ4n) is 3.29. The van der Waals surface area contributed by atoms with Crippen LogP contribution in [0.25, 0.3) is 6.08 Å². The molecule has 29 heavy (non-hydrogen) atoms. The summed E-state index contributed by atoms with van der Waals surface area (Å²) in [6.07, 6.45) is 8.23. The van der Waals surface area contributed by atoms with Crippen LogP contribution in [-0.2, 0) is 4.79 Å². The summed E-state index contributed by atoms with van der Waals surface area (Å²) in [6.45, 7) is 5.25. The normalized spacial score (nSPS) is 17.1. The highest BCUT2D eigenvalue weighted by Gasteiger charge is 2.25. The summed E-state index contributed by atoms with van der Waals surface area (Å²) < 4.78 is 1.50. The Kier molecular flexibility index (Phi) is 6.69. The van der Waals surface area contributed by atoms with Crippen molar-refractivity contribution in [1.82, 2.24) is 19.7 Å². The number of pyridine rings is 1. The molecule has 1 aliphatic rings. The Labute approximate surface area is 175 Å². The molecule has 1 aliphatic heterocycles. The van der Waals surface area contributed by atoms with E-state index in [9.17, 15) is 9.59 Å². The van der Waals surface area contributed by atoms with Gasteiger partial charge in [-0.25, -0.2) is 9.67 Å². The second-order valence-electron chi connectivity index (χ2n) is 7.53. The molecule has 0 aromatic carbocycles. The summed E-state index contributed by atoms with van der Waals surface area (Å²) in [5.74, 6) is -0.0890. The van der Waals surface area contributed by atoms with Gasteiger partial charge in [0.2, 0.25) is 5.91 Å². The summed E-state index contributed by atoms with van der Waals surface area (Å²) in [5.41, 5.74) is 1.46. The monoisotopic (exact) mass is 415 g/mol. The minimum atomic E-state index is -0.142. The average Bonchev–Trinajstić information content (AvgIpc) is 2.72. The number of hydrogen-bond donors (Lipinski definition) is 0.